The zero-order valence-corrected chi connectivity index (χ0v) is 17.6. The normalized spacial score (nSPS) is 16.6. The number of amides is 1. The van der Waals surface area contributed by atoms with Crippen molar-refractivity contribution in [2.24, 2.45) is 0 Å². The van der Waals surface area contributed by atoms with E-state index >= 15 is 0 Å². The summed E-state index contributed by atoms with van der Waals surface area (Å²) in [5.41, 5.74) is 5.97. The second-order valence-corrected chi connectivity index (χ2v) is 8.35. The van der Waals surface area contributed by atoms with E-state index in [4.69, 9.17) is 11.6 Å². The molecule has 0 saturated carbocycles. The molecule has 0 atom stereocenters. The van der Waals surface area contributed by atoms with E-state index in [9.17, 15) is 4.79 Å². The number of hydrogen-bond donors (Lipinski definition) is 0. The molecule has 0 radical (unpaired) electrons. The van der Waals surface area contributed by atoms with Crippen LogP contribution < -0.4 is 0 Å². The highest BCUT2D eigenvalue weighted by atomic mass is 35.5. The van der Waals surface area contributed by atoms with Gasteiger partial charge in [0.15, 0.2) is 0 Å². The van der Waals surface area contributed by atoms with Crippen molar-refractivity contribution in [2.45, 2.75) is 25.9 Å². The predicted octanol–water partition coefficient (Wildman–Crippen LogP) is 4.73. The highest BCUT2D eigenvalue weighted by molar-refractivity contribution is 6.30. The van der Waals surface area contributed by atoms with Gasteiger partial charge < -0.3 is 0 Å². The van der Waals surface area contributed by atoms with Crippen molar-refractivity contribution in [3.05, 3.63) is 106 Å². The maximum absolute atomic E-state index is 13.7. The molecule has 0 fully saturated rings. The largest absolute Gasteiger partial charge is 0.283 e. The summed E-state index contributed by atoms with van der Waals surface area (Å²) in [5, 5.41) is 6.90. The van der Waals surface area contributed by atoms with Gasteiger partial charge in [-0.25, -0.2) is 0 Å². The second kappa shape index (κ2) is 8.23. The van der Waals surface area contributed by atoms with Crippen LogP contribution in [0, 0.1) is 0 Å². The lowest BCUT2D eigenvalue weighted by Crippen LogP contribution is -2.58. The van der Waals surface area contributed by atoms with Gasteiger partial charge in [0.1, 0.15) is 0 Å². The molecule has 0 N–H and O–H groups in total. The molecule has 2 aliphatic heterocycles. The standard InChI is InChI=1S/C25H24ClN3O/c26-24-11-9-21(10-12-24)25(30)29(27-15-13-19-5-1-3-7-22(19)17-27)28-16-14-20-6-2-4-8-23(20)18-28/h1-12H,13-18H2. The Morgan fingerprint density at radius 2 is 1.17 bits per heavy atom. The van der Waals surface area contributed by atoms with Gasteiger partial charge in [-0.15, -0.1) is 0 Å². The molecule has 0 aliphatic carbocycles. The van der Waals surface area contributed by atoms with Gasteiger partial charge in [0.25, 0.3) is 5.91 Å². The Kier molecular flexibility index (Phi) is 5.30. The molecule has 1 amide bonds. The number of benzene rings is 3. The summed E-state index contributed by atoms with van der Waals surface area (Å²) in [6, 6.07) is 24.2. The first-order valence-electron chi connectivity index (χ1n) is 10.4. The highest BCUT2D eigenvalue weighted by Gasteiger charge is 2.33. The molecule has 2 heterocycles. The number of carbonyl (C=O) groups is 1. The van der Waals surface area contributed by atoms with Crippen molar-refractivity contribution < 1.29 is 4.79 Å². The van der Waals surface area contributed by atoms with Crippen molar-refractivity contribution in [1.82, 2.24) is 15.1 Å². The third-order valence-electron chi connectivity index (χ3n) is 6.03. The smallest absolute Gasteiger partial charge is 0.266 e. The Labute approximate surface area is 182 Å². The maximum atomic E-state index is 13.7. The number of hydrogen-bond acceptors (Lipinski definition) is 3. The molecule has 0 bridgehead atoms. The van der Waals surface area contributed by atoms with E-state index < -0.39 is 0 Å². The predicted molar refractivity (Wildman–Crippen MR) is 119 cm³/mol. The van der Waals surface area contributed by atoms with Gasteiger partial charge in [-0.05, 0) is 59.4 Å². The number of nitrogens with zero attached hydrogens (tertiary/aromatic N) is 3. The Hall–Kier alpha value is -2.66. The fourth-order valence-corrected chi connectivity index (χ4v) is 4.55. The van der Waals surface area contributed by atoms with E-state index in [1.165, 1.54) is 22.3 Å². The molecule has 4 nitrogen and oxygen atoms in total. The Morgan fingerprint density at radius 1 is 0.700 bits per heavy atom. The summed E-state index contributed by atoms with van der Waals surface area (Å²) < 4.78 is 0. The molecule has 0 unspecified atom stereocenters. The van der Waals surface area contributed by atoms with Crippen LogP contribution in [0.25, 0.3) is 0 Å². The van der Waals surface area contributed by atoms with Crippen LogP contribution in [0.3, 0.4) is 0 Å². The van der Waals surface area contributed by atoms with Crippen molar-refractivity contribution in [2.75, 3.05) is 13.1 Å². The molecular weight excluding hydrogens is 394 g/mol. The monoisotopic (exact) mass is 417 g/mol. The minimum Gasteiger partial charge on any atom is -0.266 e. The quantitative estimate of drug-likeness (QED) is 0.616. The first kappa shape index (κ1) is 19.3. The van der Waals surface area contributed by atoms with Crippen molar-refractivity contribution in [3.63, 3.8) is 0 Å². The zero-order valence-electron chi connectivity index (χ0n) is 16.8. The van der Waals surface area contributed by atoms with Crippen molar-refractivity contribution in [3.8, 4) is 0 Å². The first-order valence-corrected chi connectivity index (χ1v) is 10.8. The molecule has 3 aromatic rings. The average Bonchev–Trinajstić information content (AvgIpc) is 2.79. The molecule has 152 valence electrons. The van der Waals surface area contributed by atoms with Crippen LogP contribution in [0.15, 0.2) is 72.8 Å². The lowest BCUT2D eigenvalue weighted by Gasteiger charge is -2.45. The SMILES string of the molecule is O=C(c1ccc(Cl)cc1)N(N1CCc2ccccc2C1)N1CCc2ccccc2C1. The van der Waals surface area contributed by atoms with Gasteiger partial charge in [-0.1, -0.05) is 60.1 Å². The van der Waals surface area contributed by atoms with E-state index in [-0.39, 0.29) is 5.91 Å². The van der Waals surface area contributed by atoms with E-state index in [0.717, 1.165) is 39.0 Å². The van der Waals surface area contributed by atoms with E-state index in [1.807, 2.05) is 17.3 Å². The van der Waals surface area contributed by atoms with Gasteiger partial charge in [-0.2, -0.15) is 15.1 Å². The van der Waals surface area contributed by atoms with Gasteiger partial charge in [0, 0.05) is 36.8 Å². The lowest BCUT2D eigenvalue weighted by molar-refractivity contribution is -0.161. The van der Waals surface area contributed by atoms with E-state index in [1.54, 1.807) is 12.1 Å². The number of rotatable bonds is 3. The molecule has 0 spiro atoms. The third kappa shape index (κ3) is 3.74. The molecule has 2 aliphatic rings. The number of fused-ring (bicyclic) bond motifs is 2. The maximum Gasteiger partial charge on any atom is 0.283 e. The van der Waals surface area contributed by atoms with Crippen LogP contribution in [0.1, 0.15) is 32.6 Å². The van der Waals surface area contributed by atoms with Crippen LogP contribution in [0.2, 0.25) is 5.02 Å². The Morgan fingerprint density at radius 3 is 1.67 bits per heavy atom. The fraction of sp³-hybridized carbons (Fsp3) is 0.240. The van der Waals surface area contributed by atoms with Gasteiger partial charge >= 0.3 is 0 Å². The molecule has 0 aromatic heterocycles. The van der Waals surface area contributed by atoms with E-state index in [2.05, 4.69) is 58.5 Å². The Bertz CT molecular complexity index is 1010. The average molecular weight is 418 g/mol. The van der Waals surface area contributed by atoms with Crippen LogP contribution in [-0.4, -0.2) is 34.1 Å². The molecule has 3 aromatic carbocycles. The highest BCUT2D eigenvalue weighted by Crippen LogP contribution is 2.26. The summed E-state index contributed by atoms with van der Waals surface area (Å²) in [6.07, 6.45) is 1.87. The minimum absolute atomic E-state index is 0.00886. The van der Waals surface area contributed by atoms with Crippen molar-refractivity contribution in [1.29, 1.82) is 0 Å². The topological polar surface area (TPSA) is 26.8 Å². The van der Waals surface area contributed by atoms with Gasteiger partial charge in [0.2, 0.25) is 0 Å². The number of carbonyl (C=O) groups excluding carboxylic acids is 1. The summed E-state index contributed by atoms with van der Waals surface area (Å²) in [5.74, 6) is -0.00886. The number of hydrazine groups is 2. The minimum atomic E-state index is -0.00886. The molecule has 5 heteroatoms. The first-order chi connectivity index (χ1) is 14.7. The Balaban J connectivity index is 1.48. The summed E-state index contributed by atoms with van der Waals surface area (Å²) >= 11 is 6.06. The second-order valence-electron chi connectivity index (χ2n) is 7.92. The summed E-state index contributed by atoms with van der Waals surface area (Å²) in [6.45, 7) is 3.09. The summed E-state index contributed by atoms with van der Waals surface area (Å²) in [4.78, 5) is 13.7. The molecule has 0 saturated heterocycles. The van der Waals surface area contributed by atoms with Crippen LogP contribution in [0.5, 0.6) is 0 Å². The molecule has 5 rings (SSSR count). The van der Waals surface area contributed by atoms with Gasteiger partial charge in [0.05, 0.1) is 0 Å². The van der Waals surface area contributed by atoms with Crippen LogP contribution >= 0.6 is 11.6 Å². The fourth-order valence-electron chi connectivity index (χ4n) is 4.43. The zero-order chi connectivity index (χ0) is 20.5. The molecular formula is C25H24ClN3O. The summed E-state index contributed by atoms with van der Waals surface area (Å²) in [7, 11) is 0. The molecule has 30 heavy (non-hydrogen) atoms. The third-order valence-corrected chi connectivity index (χ3v) is 6.28. The van der Waals surface area contributed by atoms with Crippen molar-refractivity contribution >= 4 is 17.5 Å². The number of halogens is 1. The van der Waals surface area contributed by atoms with Gasteiger partial charge in [-0.3, -0.25) is 4.79 Å². The lowest BCUT2D eigenvalue weighted by atomic mass is 10.0. The van der Waals surface area contributed by atoms with E-state index in [0.29, 0.717) is 10.6 Å². The van der Waals surface area contributed by atoms with Crippen LogP contribution in [-0.2, 0) is 25.9 Å². The van der Waals surface area contributed by atoms with Crippen LogP contribution in [0.4, 0.5) is 0 Å².